The maximum atomic E-state index is 12.0. The van der Waals surface area contributed by atoms with Crippen LogP contribution in [0.15, 0.2) is 40.9 Å². The van der Waals surface area contributed by atoms with Crippen molar-refractivity contribution in [2.75, 3.05) is 17.6 Å². The van der Waals surface area contributed by atoms with Gasteiger partial charge in [0.1, 0.15) is 5.76 Å². The van der Waals surface area contributed by atoms with Crippen molar-refractivity contribution in [1.29, 1.82) is 0 Å². The molecule has 0 bridgehead atoms. The summed E-state index contributed by atoms with van der Waals surface area (Å²) in [5, 5.41) is 8.73. The first-order valence-corrected chi connectivity index (χ1v) is 8.93. The Morgan fingerprint density at radius 3 is 2.62 bits per heavy atom. The number of hydrogen-bond acceptors (Lipinski definition) is 6. The zero-order valence-corrected chi connectivity index (χ0v) is 16.2. The van der Waals surface area contributed by atoms with Crippen molar-refractivity contribution in [2.45, 2.75) is 25.1 Å². The van der Waals surface area contributed by atoms with Gasteiger partial charge in [0.05, 0.1) is 11.0 Å². The van der Waals surface area contributed by atoms with Gasteiger partial charge in [-0.15, -0.1) is 24.2 Å². The highest BCUT2D eigenvalue weighted by Gasteiger charge is 2.17. The van der Waals surface area contributed by atoms with Crippen molar-refractivity contribution >= 4 is 41.8 Å². The number of nitrogens with zero attached hydrogens (tertiary/aromatic N) is 1. The fourth-order valence-electron chi connectivity index (χ4n) is 2.02. The summed E-state index contributed by atoms with van der Waals surface area (Å²) in [5.74, 6) is 0.770. The molecule has 0 saturated carbocycles. The number of aromatic nitrogens is 1. The predicted molar refractivity (Wildman–Crippen MR) is 105 cm³/mol. The molecule has 142 valence electrons. The van der Waals surface area contributed by atoms with Gasteiger partial charge in [-0.05, 0) is 19.4 Å². The van der Waals surface area contributed by atoms with Crippen molar-refractivity contribution < 1.29 is 14.1 Å². The summed E-state index contributed by atoms with van der Waals surface area (Å²) in [4.78, 5) is 23.9. The van der Waals surface area contributed by atoms with Crippen molar-refractivity contribution in [1.82, 2.24) is 10.5 Å². The minimum atomic E-state index is -0.398. The molecular weight excluding hydrogens is 376 g/mol. The molecule has 0 aliphatic heterocycles. The Bertz CT molecular complexity index is 711. The molecule has 1 aromatic carbocycles. The Morgan fingerprint density at radius 2 is 2.00 bits per heavy atom. The number of hydrogen-bond donors (Lipinski definition) is 3. The van der Waals surface area contributed by atoms with E-state index in [-0.39, 0.29) is 36.0 Å². The first-order chi connectivity index (χ1) is 12.0. The first kappa shape index (κ1) is 22.0. The molecular formula is C17H23ClN4O3S. The van der Waals surface area contributed by atoms with Crippen LogP contribution in [0.3, 0.4) is 0 Å². The molecule has 9 heteroatoms. The number of nitrogens with one attached hydrogen (secondary N) is 2. The number of halogens is 1. The van der Waals surface area contributed by atoms with E-state index in [1.54, 1.807) is 19.9 Å². The largest absolute Gasteiger partial charge is 0.360 e. The smallest absolute Gasteiger partial charge is 0.238 e. The first-order valence-electron chi connectivity index (χ1n) is 7.88. The summed E-state index contributed by atoms with van der Waals surface area (Å²) in [7, 11) is 0. The Balaban J connectivity index is 0.00000338. The van der Waals surface area contributed by atoms with Crippen LogP contribution in [0.5, 0.6) is 0 Å². The predicted octanol–water partition coefficient (Wildman–Crippen LogP) is 2.28. The molecule has 0 saturated heterocycles. The summed E-state index contributed by atoms with van der Waals surface area (Å²) in [6.45, 7) is 3.82. The lowest BCUT2D eigenvalue weighted by Gasteiger charge is -2.14. The quantitative estimate of drug-likeness (QED) is 0.629. The fourth-order valence-corrected chi connectivity index (χ4v) is 2.74. The zero-order chi connectivity index (χ0) is 18.2. The number of benzene rings is 1. The zero-order valence-electron chi connectivity index (χ0n) is 14.6. The van der Waals surface area contributed by atoms with Gasteiger partial charge in [-0.3, -0.25) is 9.59 Å². The normalized spacial score (nSPS) is 12.6. The summed E-state index contributed by atoms with van der Waals surface area (Å²) in [6, 6.07) is 10.9. The number of nitrogens with two attached hydrogens (primary N) is 1. The van der Waals surface area contributed by atoms with Crippen LogP contribution in [0.25, 0.3) is 0 Å². The van der Waals surface area contributed by atoms with E-state index in [4.69, 9.17) is 10.3 Å². The number of thioether (sulfide) groups is 1. The second-order valence-corrected chi connectivity index (χ2v) is 6.92. The van der Waals surface area contributed by atoms with Crippen LogP contribution in [0, 0.1) is 6.92 Å². The second kappa shape index (κ2) is 10.8. The van der Waals surface area contributed by atoms with E-state index in [1.807, 2.05) is 30.3 Å². The molecule has 2 rings (SSSR count). The van der Waals surface area contributed by atoms with Gasteiger partial charge in [0.25, 0.3) is 0 Å². The van der Waals surface area contributed by atoms with Crippen LogP contribution in [0.4, 0.5) is 5.82 Å². The maximum absolute atomic E-state index is 12.0. The molecule has 7 nitrogen and oxygen atoms in total. The van der Waals surface area contributed by atoms with Crippen molar-refractivity contribution in [3.05, 3.63) is 47.7 Å². The van der Waals surface area contributed by atoms with Gasteiger partial charge in [0, 0.05) is 18.7 Å². The van der Waals surface area contributed by atoms with Crippen LogP contribution in [0.2, 0.25) is 0 Å². The Hall–Kier alpha value is -2.03. The number of aryl methyl sites for hydroxylation is 1. The van der Waals surface area contributed by atoms with Gasteiger partial charge in [-0.1, -0.05) is 35.5 Å². The molecule has 0 aliphatic rings. The Kier molecular flexibility index (Phi) is 9.18. The summed E-state index contributed by atoms with van der Waals surface area (Å²) < 4.78 is 4.89. The Morgan fingerprint density at radius 1 is 1.31 bits per heavy atom. The molecule has 2 unspecified atom stereocenters. The van der Waals surface area contributed by atoms with Crippen molar-refractivity contribution in [3.63, 3.8) is 0 Å². The van der Waals surface area contributed by atoms with E-state index in [0.717, 1.165) is 5.56 Å². The molecule has 2 aromatic rings. The van der Waals surface area contributed by atoms with E-state index in [9.17, 15) is 9.59 Å². The van der Waals surface area contributed by atoms with Gasteiger partial charge < -0.3 is 20.9 Å². The van der Waals surface area contributed by atoms with Gasteiger partial charge in [0.15, 0.2) is 5.82 Å². The number of rotatable bonds is 8. The molecule has 0 fully saturated rings. The lowest BCUT2D eigenvalue weighted by Crippen LogP contribution is -2.34. The van der Waals surface area contributed by atoms with Gasteiger partial charge >= 0.3 is 0 Å². The molecule has 26 heavy (non-hydrogen) atoms. The van der Waals surface area contributed by atoms with Crippen LogP contribution < -0.4 is 16.4 Å². The third-order valence-corrected chi connectivity index (χ3v) is 4.60. The molecule has 2 amide bonds. The third-order valence-electron chi connectivity index (χ3n) is 3.46. The van der Waals surface area contributed by atoms with E-state index in [2.05, 4.69) is 15.8 Å². The number of carbonyl (C=O) groups excluding carboxylic acids is 2. The fraction of sp³-hybridized carbons (Fsp3) is 0.353. The lowest BCUT2D eigenvalue weighted by molar-refractivity contribution is -0.118. The second-order valence-electron chi connectivity index (χ2n) is 5.59. The molecule has 1 heterocycles. The third kappa shape index (κ3) is 7.07. The summed E-state index contributed by atoms with van der Waals surface area (Å²) in [5.41, 5.74) is 7.00. The molecule has 0 spiro atoms. The van der Waals surface area contributed by atoms with Crippen LogP contribution in [-0.4, -0.2) is 34.5 Å². The minimum Gasteiger partial charge on any atom is -0.360 e. The molecule has 2 atom stereocenters. The van der Waals surface area contributed by atoms with E-state index >= 15 is 0 Å². The highest BCUT2D eigenvalue weighted by atomic mass is 35.5. The SMILES string of the molecule is Cc1cc(NC(=O)C(C)SCC(=O)NCC(N)c2ccccc2)no1.Cl. The molecule has 4 N–H and O–H groups in total. The van der Waals surface area contributed by atoms with Crippen molar-refractivity contribution in [2.24, 2.45) is 5.73 Å². The Labute approximate surface area is 162 Å². The standard InChI is InChI=1S/C17H22N4O3S.ClH/c1-11-8-15(21-24-11)20-17(23)12(2)25-10-16(22)19-9-14(18)13-6-4-3-5-7-13;/h3-8,12,14H,9-10,18H2,1-2H3,(H,19,22)(H,20,21,23);1H. The highest BCUT2D eigenvalue weighted by molar-refractivity contribution is 8.01. The molecule has 0 radical (unpaired) electrons. The van der Waals surface area contributed by atoms with Gasteiger partial charge in [-0.25, -0.2) is 0 Å². The summed E-state index contributed by atoms with van der Waals surface area (Å²) in [6.07, 6.45) is 0. The number of amides is 2. The molecule has 0 aliphatic carbocycles. The van der Waals surface area contributed by atoms with E-state index < -0.39 is 5.25 Å². The topological polar surface area (TPSA) is 110 Å². The van der Waals surface area contributed by atoms with Crippen LogP contribution >= 0.6 is 24.2 Å². The maximum Gasteiger partial charge on any atom is 0.238 e. The average Bonchev–Trinajstić information content (AvgIpc) is 3.02. The van der Waals surface area contributed by atoms with E-state index in [1.165, 1.54) is 11.8 Å². The van der Waals surface area contributed by atoms with E-state index in [0.29, 0.717) is 18.1 Å². The lowest BCUT2D eigenvalue weighted by atomic mass is 10.1. The van der Waals surface area contributed by atoms with Crippen LogP contribution in [0.1, 0.15) is 24.3 Å². The van der Waals surface area contributed by atoms with Gasteiger partial charge in [0.2, 0.25) is 11.8 Å². The monoisotopic (exact) mass is 398 g/mol. The van der Waals surface area contributed by atoms with Crippen LogP contribution in [-0.2, 0) is 9.59 Å². The minimum absolute atomic E-state index is 0. The summed E-state index contributed by atoms with van der Waals surface area (Å²) >= 11 is 1.24. The highest BCUT2D eigenvalue weighted by Crippen LogP contribution is 2.14. The number of anilines is 1. The van der Waals surface area contributed by atoms with Gasteiger partial charge in [-0.2, -0.15) is 0 Å². The van der Waals surface area contributed by atoms with Crippen molar-refractivity contribution in [3.8, 4) is 0 Å². The average molecular weight is 399 g/mol. The molecule has 1 aromatic heterocycles. The number of carbonyl (C=O) groups is 2.